The van der Waals surface area contributed by atoms with Gasteiger partial charge in [0.25, 0.3) is 0 Å². The molecule has 1 saturated carbocycles. The van der Waals surface area contributed by atoms with Crippen LogP contribution in [-0.4, -0.2) is 57.2 Å². The Morgan fingerprint density at radius 1 is 1.17 bits per heavy atom. The van der Waals surface area contributed by atoms with E-state index in [0.717, 1.165) is 51.6 Å². The van der Waals surface area contributed by atoms with Gasteiger partial charge in [0.2, 0.25) is 5.91 Å². The molecule has 0 aromatic heterocycles. The van der Waals surface area contributed by atoms with Crippen molar-refractivity contribution >= 4 is 11.6 Å². The smallest absolute Gasteiger partial charge is 0.220 e. The van der Waals surface area contributed by atoms with E-state index in [2.05, 4.69) is 40.4 Å². The highest BCUT2D eigenvalue weighted by atomic mass is 16.5. The predicted octanol–water partition coefficient (Wildman–Crippen LogP) is 3.53. The molecule has 1 aliphatic carbocycles. The maximum absolute atomic E-state index is 12.5. The first-order valence-corrected chi connectivity index (χ1v) is 11.6. The van der Waals surface area contributed by atoms with Crippen molar-refractivity contribution in [2.75, 3.05) is 51.3 Å². The zero-order valence-corrected chi connectivity index (χ0v) is 18.0. The zero-order valence-electron chi connectivity index (χ0n) is 18.0. The molecule has 0 bridgehead atoms. The number of hydrogen-bond acceptors (Lipinski definition) is 4. The average molecular weight is 400 g/mol. The Kier molecular flexibility index (Phi) is 7.09. The van der Waals surface area contributed by atoms with Crippen LogP contribution in [0.15, 0.2) is 18.2 Å². The molecule has 1 atom stereocenters. The summed E-state index contributed by atoms with van der Waals surface area (Å²) in [7, 11) is 2.18. The topological polar surface area (TPSA) is 44.8 Å². The molecule has 1 saturated heterocycles. The molecular weight excluding hydrogens is 362 g/mol. The van der Waals surface area contributed by atoms with Gasteiger partial charge < -0.3 is 15.0 Å². The second kappa shape index (κ2) is 9.94. The number of hydrogen-bond donors (Lipinski definition) is 1. The van der Waals surface area contributed by atoms with Crippen molar-refractivity contribution in [3.63, 3.8) is 0 Å². The molecule has 29 heavy (non-hydrogen) atoms. The third kappa shape index (κ3) is 5.32. The fourth-order valence-corrected chi connectivity index (χ4v) is 5.29. The van der Waals surface area contributed by atoms with Crippen molar-refractivity contribution in [2.24, 2.45) is 5.92 Å². The summed E-state index contributed by atoms with van der Waals surface area (Å²) < 4.78 is 5.58. The summed E-state index contributed by atoms with van der Waals surface area (Å²) in [5.74, 6) is 0.987. The van der Waals surface area contributed by atoms with Gasteiger partial charge in [-0.3, -0.25) is 9.69 Å². The van der Waals surface area contributed by atoms with E-state index >= 15 is 0 Å². The summed E-state index contributed by atoms with van der Waals surface area (Å²) in [5.41, 5.74) is 4.14. The molecular formula is C24H37N3O2. The second-order valence-electron chi connectivity index (χ2n) is 9.07. The van der Waals surface area contributed by atoms with Crippen LogP contribution < -0.4 is 10.2 Å². The van der Waals surface area contributed by atoms with E-state index in [1.807, 2.05) is 0 Å². The highest BCUT2D eigenvalue weighted by Gasteiger charge is 2.25. The van der Waals surface area contributed by atoms with E-state index in [0.29, 0.717) is 13.0 Å². The van der Waals surface area contributed by atoms with Crippen molar-refractivity contribution < 1.29 is 9.53 Å². The largest absolute Gasteiger partial charge is 0.379 e. The zero-order chi connectivity index (χ0) is 20.1. The van der Waals surface area contributed by atoms with Crippen molar-refractivity contribution in [1.29, 1.82) is 0 Å². The minimum absolute atomic E-state index is 0.216. The number of carbonyl (C=O) groups is 1. The molecule has 5 heteroatoms. The quantitative estimate of drug-likeness (QED) is 0.762. The first-order chi connectivity index (χ1) is 14.2. The number of ether oxygens (including phenoxy) is 1. The first kappa shape index (κ1) is 20.7. The van der Waals surface area contributed by atoms with Gasteiger partial charge in [-0.25, -0.2) is 0 Å². The van der Waals surface area contributed by atoms with Crippen molar-refractivity contribution in [1.82, 2.24) is 10.2 Å². The number of morpholine rings is 1. The molecule has 4 rings (SSSR count). The number of benzene rings is 1. The maximum Gasteiger partial charge on any atom is 0.220 e. The Balaban J connectivity index is 1.41. The standard InChI is InChI=1S/C24H37N3O2/c1-26-12-4-7-20-17-21(9-10-22(20)26)23(27-13-15-29-16-14-27)18-25-24(28)11-8-19-5-2-3-6-19/h9-10,17,19,23H,2-8,11-16,18H2,1H3,(H,25,28)/t23-/m1/s1. The third-order valence-electron chi connectivity index (χ3n) is 7.07. The SMILES string of the molecule is CN1CCCc2cc([C@@H](CNC(=O)CCC3CCCC3)N3CCOCC3)ccc21. The molecule has 2 fully saturated rings. The Bertz CT molecular complexity index is 681. The van der Waals surface area contributed by atoms with E-state index < -0.39 is 0 Å². The lowest BCUT2D eigenvalue weighted by Gasteiger charge is -2.36. The molecule has 0 unspecified atom stereocenters. The predicted molar refractivity (Wildman–Crippen MR) is 117 cm³/mol. The summed E-state index contributed by atoms with van der Waals surface area (Å²) in [5, 5.41) is 3.26. The minimum atomic E-state index is 0.216. The Morgan fingerprint density at radius 3 is 2.76 bits per heavy atom. The van der Waals surface area contributed by atoms with Gasteiger partial charge >= 0.3 is 0 Å². The molecule has 5 nitrogen and oxygen atoms in total. The number of nitrogens with one attached hydrogen (secondary N) is 1. The number of rotatable bonds is 7. The molecule has 2 aliphatic heterocycles. The van der Waals surface area contributed by atoms with Crippen LogP contribution in [-0.2, 0) is 16.0 Å². The van der Waals surface area contributed by atoms with Crippen LogP contribution in [0.1, 0.15) is 62.1 Å². The molecule has 1 aromatic rings. The Labute approximate surface area is 175 Å². The van der Waals surface area contributed by atoms with Crippen LogP contribution in [0, 0.1) is 5.92 Å². The maximum atomic E-state index is 12.5. The summed E-state index contributed by atoms with van der Waals surface area (Å²) in [6.07, 6.45) is 9.41. The van der Waals surface area contributed by atoms with Crippen molar-refractivity contribution in [3.8, 4) is 0 Å². The van der Waals surface area contributed by atoms with Crippen LogP contribution >= 0.6 is 0 Å². The second-order valence-corrected chi connectivity index (χ2v) is 9.07. The van der Waals surface area contributed by atoms with Crippen molar-refractivity contribution in [3.05, 3.63) is 29.3 Å². The van der Waals surface area contributed by atoms with Crippen LogP contribution in [0.2, 0.25) is 0 Å². The van der Waals surface area contributed by atoms with Gasteiger partial charge in [0.15, 0.2) is 0 Å². The molecule has 0 radical (unpaired) electrons. The number of amides is 1. The van der Waals surface area contributed by atoms with Crippen LogP contribution in [0.25, 0.3) is 0 Å². The van der Waals surface area contributed by atoms with E-state index in [-0.39, 0.29) is 11.9 Å². The molecule has 160 valence electrons. The summed E-state index contributed by atoms with van der Waals surface area (Å²) in [6.45, 7) is 5.24. The van der Waals surface area contributed by atoms with E-state index in [9.17, 15) is 4.79 Å². The van der Waals surface area contributed by atoms with Gasteiger partial charge in [-0.15, -0.1) is 0 Å². The number of carbonyl (C=O) groups excluding carboxylic acids is 1. The monoisotopic (exact) mass is 399 g/mol. The molecule has 2 heterocycles. The van der Waals surface area contributed by atoms with Gasteiger partial charge in [0.1, 0.15) is 0 Å². The van der Waals surface area contributed by atoms with Gasteiger partial charge in [0.05, 0.1) is 19.3 Å². The lowest BCUT2D eigenvalue weighted by Crippen LogP contribution is -2.44. The summed E-state index contributed by atoms with van der Waals surface area (Å²) in [4.78, 5) is 17.4. The third-order valence-corrected chi connectivity index (χ3v) is 7.07. The van der Waals surface area contributed by atoms with Crippen LogP contribution in [0.5, 0.6) is 0 Å². The number of fused-ring (bicyclic) bond motifs is 1. The Hall–Kier alpha value is -1.59. The number of nitrogens with zero attached hydrogens (tertiary/aromatic N) is 2. The lowest BCUT2D eigenvalue weighted by atomic mass is 9.95. The van der Waals surface area contributed by atoms with E-state index in [1.165, 1.54) is 48.9 Å². The molecule has 0 spiro atoms. The van der Waals surface area contributed by atoms with Crippen LogP contribution in [0.3, 0.4) is 0 Å². The fraction of sp³-hybridized carbons (Fsp3) is 0.708. The molecule has 1 amide bonds. The normalized spacial score (nSPS) is 21.8. The van der Waals surface area contributed by atoms with E-state index in [1.54, 1.807) is 0 Å². The van der Waals surface area contributed by atoms with Crippen LogP contribution in [0.4, 0.5) is 5.69 Å². The van der Waals surface area contributed by atoms with Crippen molar-refractivity contribution in [2.45, 2.75) is 57.4 Å². The number of anilines is 1. The summed E-state index contributed by atoms with van der Waals surface area (Å²) >= 11 is 0. The summed E-state index contributed by atoms with van der Waals surface area (Å²) in [6, 6.07) is 7.16. The van der Waals surface area contributed by atoms with E-state index in [4.69, 9.17) is 4.74 Å². The lowest BCUT2D eigenvalue weighted by molar-refractivity contribution is -0.121. The fourth-order valence-electron chi connectivity index (χ4n) is 5.29. The van der Waals surface area contributed by atoms with Gasteiger partial charge in [0, 0.05) is 45.3 Å². The van der Waals surface area contributed by atoms with Gasteiger partial charge in [-0.1, -0.05) is 37.8 Å². The highest BCUT2D eigenvalue weighted by molar-refractivity contribution is 5.75. The molecule has 3 aliphatic rings. The highest BCUT2D eigenvalue weighted by Crippen LogP contribution is 2.31. The number of aryl methyl sites for hydroxylation is 1. The molecule has 1 aromatic carbocycles. The molecule has 1 N–H and O–H groups in total. The first-order valence-electron chi connectivity index (χ1n) is 11.6. The Morgan fingerprint density at radius 2 is 1.97 bits per heavy atom. The minimum Gasteiger partial charge on any atom is -0.379 e. The van der Waals surface area contributed by atoms with Gasteiger partial charge in [-0.05, 0) is 42.4 Å². The average Bonchev–Trinajstić information content (AvgIpc) is 3.27. The van der Waals surface area contributed by atoms with Gasteiger partial charge in [-0.2, -0.15) is 0 Å².